The van der Waals surface area contributed by atoms with Crippen molar-refractivity contribution in [2.45, 2.75) is 20.3 Å². The number of carbonyl (C=O) groups excluding carboxylic acids is 1. The summed E-state index contributed by atoms with van der Waals surface area (Å²) in [5.74, 6) is 0.618. The largest absolute Gasteiger partial charge is 0.399 e. The van der Waals surface area contributed by atoms with Gasteiger partial charge in [0.2, 0.25) is 0 Å². The third-order valence-corrected chi connectivity index (χ3v) is 3.40. The summed E-state index contributed by atoms with van der Waals surface area (Å²) in [6.45, 7) is 5.23. The van der Waals surface area contributed by atoms with Crippen LogP contribution >= 0.6 is 0 Å². The minimum atomic E-state index is -0.0114. The molecule has 2 rings (SSSR count). The molecule has 1 atom stereocenters. The lowest BCUT2D eigenvalue weighted by Crippen LogP contribution is -2.26. The van der Waals surface area contributed by atoms with E-state index in [9.17, 15) is 4.79 Å². The number of carbonyl (C=O) groups is 1. The van der Waals surface area contributed by atoms with Crippen LogP contribution in [0.25, 0.3) is 0 Å². The molecule has 3 N–H and O–H groups in total. The zero-order valence-electron chi connectivity index (χ0n) is 9.79. The molecule has 0 bridgehead atoms. The van der Waals surface area contributed by atoms with Crippen molar-refractivity contribution < 1.29 is 4.79 Å². The van der Waals surface area contributed by atoms with Crippen molar-refractivity contribution in [2.24, 2.45) is 11.3 Å². The van der Waals surface area contributed by atoms with Crippen LogP contribution in [0.5, 0.6) is 0 Å². The average molecular weight is 218 g/mol. The number of hydrogen-bond acceptors (Lipinski definition) is 2. The van der Waals surface area contributed by atoms with Gasteiger partial charge < -0.3 is 11.1 Å². The number of amides is 1. The highest BCUT2D eigenvalue weighted by Gasteiger charge is 2.45. The molecule has 0 aromatic heterocycles. The molecule has 1 unspecified atom stereocenters. The Balaban J connectivity index is 1.87. The van der Waals surface area contributed by atoms with Crippen molar-refractivity contribution in [3.8, 4) is 0 Å². The zero-order chi connectivity index (χ0) is 11.8. The van der Waals surface area contributed by atoms with Crippen molar-refractivity contribution in [2.75, 3.05) is 12.3 Å². The number of nitrogens with two attached hydrogens (primary N) is 1. The number of hydrogen-bond donors (Lipinski definition) is 2. The number of nitrogens with one attached hydrogen (secondary N) is 1. The third kappa shape index (κ3) is 2.35. The summed E-state index contributed by atoms with van der Waals surface area (Å²) in [5, 5.41) is 2.96. The first-order chi connectivity index (χ1) is 7.49. The van der Waals surface area contributed by atoms with Crippen molar-refractivity contribution >= 4 is 11.6 Å². The number of nitrogen functional groups attached to an aromatic ring is 1. The molecular formula is C13H18N2O. The van der Waals surface area contributed by atoms with E-state index in [4.69, 9.17) is 5.73 Å². The summed E-state index contributed by atoms with van der Waals surface area (Å²) in [6.07, 6.45) is 1.20. The van der Waals surface area contributed by atoms with E-state index in [1.165, 1.54) is 6.42 Å². The molecule has 0 spiro atoms. The number of anilines is 1. The topological polar surface area (TPSA) is 55.1 Å². The predicted molar refractivity (Wildman–Crippen MR) is 65.1 cm³/mol. The first-order valence-electron chi connectivity index (χ1n) is 5.63. The normalized spacial score (nSPS) is 21.5. The van der Waals surface area contributed by atoms with Crippen molar-refractivity contribution in [1.82, 2.24) is 5.32 Å². The van der Waals surface area contributed by atoms with Gasteiger partial charge in [0.05, 0.1) is 0 Å². The van der Waals surface area contributed by atoms with Crippen LogP contribution in [0.1, 0.15) is 30.6 Å². The van der Waals surface area contributed by atoms with Gasteiger partial charge in [-0.15, -0.1) is 0 Å². The van der Waals surface area contributed by atoms with Gasteiger partial charge in [-0.2, -0.15) is 0 Å². The monoisotopic (exact) mass is 218 g/mol. The molecule has 0 saturated heterocycles. The molecule has 1 fully saturated rings. The SMILES string of the molecule is CC1(C)CC1CNC(=O)c1ccc(N)cc1. The van der Waals surface area contributed by atoms with Crippen LogP contribution in [0.3, 0.4) is 0 Å². The molecule has 3 heteroatoms. The molecule has 1 aromatic rings. The quantitative estimate of drug-likeness (QED) is 0.763. The molecule has 3 nitrogen and oxygen atoms in total. The second kappa shape index (κ2) is 3.81. The Morgan fingerprint density at radius 2 is 2.00 bits per heavy atom. The van der Waals surface area contributed by atoms with Gasteiger partial charge in [-0.1, -0.05) is 13.8 Å². The van der Waals surface area contributed by atoms with E-state index in [1.54, 1.807) is 24.3 Å². The molecular weight excluding hydrogens is 200 g/mol. The molecule has 1 aliphatic carbocycles. The second-order valence-corrected chi connectivity index (χ2v) is 5.22. The lowest BCUT2D eigenvalue weighted by molar-refractivity contribution is 0.0950. The molecule has 86 valence electrons. The highest BCUT2D eigenvalue weighted by Crippen LogP contribution is 2.50. The fourth-order valence-corrected chi connectivity index (χ4v) is 1.88. The summed E-state index contributed by atoms with van der Waals surface area (Å²) in [4.78, 5) is 11.7. The first kappa shape index (κ1) is 11.0. The van der Waals surface area contributed by atoms with Gasteiger partial charge in [0.1, 0.15) is 0 Å². The standard InChI is InChI=1S/C13H18N2O/c1-13(2)7-10(13)8-15-12(16)9-3-5-11(14)6-4-9/h3-6,10H,7-8,14H2,1-2H3,(H,15,16). The van der Waals surface area contributed by atoms with Crippen LogP contribution in [0, 0.1) is 11.3 Å². The van der Waals surface area contributed by atoms with Gasteiger partial charge in [-0.05, 0) is 42.0 Å². The van der Waals surface area contributed by atoms with E-state index < -0.39 is 0 Å². The van der Waals surface area contributed by atoms with E-state index >= 15 is 0 Å². The van der Waals surface area contributed by atoms with Gasteiger partial charge in [-0.25, -0.2) is 0 Å². The second-order valence-electron chi connectivity index (χ2n) is 5.22. The van der Waals surface area contributed by atoms with Gasteiger partial charge >= 0.3 is 0 Å². The molecule has 0 aliphatic heterocycles. The van der Waals surface area contributed by atoms with Crippen molar-refractivity contribution in [3.05, 3.63) is 29.8 Å². The smallest absolute Gasteiger partial charge is 0.251 e. The van der Waals surface area contributed by atoms with Gasteiger partial charge in [0.25, 0.3) is 5.91 Å². The summed E-state index contributed by atoms with van der Waals surface area (Å²) in [5.41, 5.74) is 7.33. The minimum Gasteiger partial charge on any atom is -0.399 e. The van der Waals surface area contributed by atoms with Crippen LogP contribution < -0.4 is 11.1 Å². The molecule has 1 saturated carbocycles. The Morgan fingerprint density at radius 1 is 1.44 bits per heavy atom. The van der Waals surface area contributed by atoms with Gasteiger partial charge in [-0.3, -0.25) is 4.79 Å². The Bertz CT molecular complexity index is 395. The summed E-state index contributed by atoms with van der Waals surface area (Å²) >= 11 is 0. The summed E-state index contributed by atoms with van der Waals surface area (Å²) in [6, 6.07) is 7.00. The summed E-state index contributed by atoms with van der Waals surface area (Å²) in [7, 11) is 0. The van der Waals surface area contributed by atoms with E-state index in [1.807, 2.05) is 0 Å². The van der Waals surface area contributed by atoms with Crippen molar-refractivity contribution in [1.29, 1.82) is 0 Å². The third-order valence-electron chi connectivity index (χ3n) is 3.40. The minimum absolute atomic E-state index is 0.0114. The van der Waals surface area contributed by atoms with Crippen molar-refractivity contribution in [3.63, 3.8) is 0 Å². The van der Waals surface area contributed by atoms with Crippen LogP contribution in [-0.4, -0.2) is 12.5 Å². The zero-order valence-corrected chi connectivity index (χ0v) is 9.79. The number of rotatable bonds is 3. The van der Waals surface area contributed by atoms with Crippen LogP contribution in [0.15, 0.2) is 24.3 Å². The Kier molecular flexibility index (Phi) is 2.62. The fourth-order valence-electron chi connectivity index (χ4n) is 1.88. The maximum atomic E-state index is 11.7. The van der Waals surface area contributed by atoms with Gasteiger partial charge in [0, 0.05) is 17.8 Å². The maximum absolute atomic E-state index is 11.7. The predicted octanol–water partition coefficient (Wildman–Crippen LogP) is 2.04. The Hall–Kier alpha value is -1.51. The van der Waals surface area contributed by atoms with E-state index in [0.717, 1.165) is 6.54 Å². The molecule has 0 radical (unpaired) electrons. The van der Waals surface area contributed by atoms with E-state index in [0.29, 0.717) is 22.6 Å². The number of benzene rings is 1. The van der Waals surface area contributed by atoms with E-state index in [-0.39, 0.29) is 5.91 Å². The Labute approximate surface area is 96.0 Å². The van der Waals surface area contributed by atoms with Crippen LogP contribution in [0.2, 0.25) is 0 Å². The average Bonchev–Trinajstić information content (AvgIpc) is 2.84. The van der Waals surface area contributed by atoms with Crippen LogP contribution in [0.4, 0.5) is 5.69 Å². The lowest BCUT2D eigenvalue weighted by atomic mass is 10.1. The molecule has 1 amide bonds. The molecule has 1 aromatic carbocycles. The molecule has 16 heavy (non-hydrogen) atoms. The summed E-state index contributed by atoms with van der Waals surface area (Å²) < 4.78 is 0. The maximum Gasteiger partial charge on any atom is 0.251 e. The lowest BCUT2D eigenvalue weighted by Gasteiger charge is -2.06. The Morgan fingerprint density at radius 3 is 2.50 bits per heavy atom. The van der Waals surface area contributed by atoms with E-state index in [2.05, 4.69) is 19.2 Å². The van der Waals surface area contributed by atoms with Gasteiger partial charge in [0.15, 0.2) is 0 Å². The molecule has 1 aliphatic rings. The van der Waals surface area contributed by atoms with Crippen LogP contribution in [-0.2, 0) is 0 Å². The highest BCUT2D eigenvalue weighted by molar-refractivity contribution is 5.94. The fraction of sp³-hybridized carbons (Fsp3) is 0.462. The molecule has 0 heterocycles. The highest BCUT2D eigenvalue weighted by atomic mass is 16.1. The first-order valence-corrected chi connectivity index (χ1v) is 5.63.